The number of ether oxygens (including phenoxy) is 1. The zero-order chi connectivity index (χ0) is 13.9. The van der Waals surface area contributed by atoms with E-state index in [0.29, 0.717) is 6.61 Å². The second-order valence-corrected chi connectivity index (χ2v) is 5.75. The Morgan fingerprint density at radius 2 is 2.00 bits per heavy atom. The molecule has 0 aliphatic carbocycles. The van der Waals surface area contributed by atoms with Gasteiger partial charge in [0.1, 0.15) is 11.8 Å². The predicted molar refractivity (Wildman–Crippen MR) is 87.8 cm³/mol. The number of nitrogens with zero attached hydrogens (tertiary/aromatic N) is 2. The first-order valence-corrected chi connectivity index (χ1v) is 7.66. The lowest BCUT2D eigenvalue weighted by molar-refractivity contribution is 0.0878. The Morgan fingerprint density at radius 3 is 2.75 bits per heavy atom. The molecule has 3 rings (SSSR count). The van der Waals surface area contributed by atoms with Crippen LogP contribution in [0.5, 0.6) is 0 Å². The highest BCUT2D eigenvalue weighted by atomic mass is 127. The molecule has 2 aromatic heterocycles. The molecule has 0 bridgehead atoms. The van der Waals surface area contributed by atoms with E-state index in [4.69, 9.17) is 4.74 Å². The van der Waals surface area contributed by atoms with E-state index in [0.717, 1.165) is 16.9 Å². The van der Waals surface area contributed by atoms with Crippen molar-refractivity contribution in [3.63, 3.8) is 0 Å². The number of fused-ring (bicyclic) bond motifs is 1. The van der Waals surface area contributed by atoms with Gasteiger partial charge in [-0.1, -0.05) is 30.3 Å². The van der Waals surface area contributed by atoms with Crippen LogP contribution in [0.15, 0.2) is 54.9 Å². The number of hydrogen-bond acceptors (Lipinski definition) is 2. The van der Waals surface area contributed by atoms with E-state index in [1.807, 2.05) is 37.4 Å². The highest BCUT2D eigenvalue weighted by molar-refractivity contribution is 14.1. The van der Waals surface area contributed by atoms with Gasteiger partial charge < -0.3 is 4.74 Å². The lowest BCUT2D eigenvalue weighted by Crippen LogP contribution is -2.09. The maximum Gasteiger partial charge on any atom is 0.137 e. The first kappa shape index (κ1) is 13.6. The monoisotopic (exact) mass is 378 g/mol. The summed E-state index contributed by atoms with van der Waals surface area (Å²) in [5.74, 6) is 0. The van der Waals surface area contributed by atoms with Gasteiger partial charge in [0.15, 0.2) is 0 Å². The molecule has 0 radical (unpaired) electrons. The summed E-state index contributed by atoms with van der Waals surface area (Å²) in [5.41, 5.74) is 3.16. The van der Waals surface area contributed by atoms with Crippen molar-refractivity contribution in [3.8, 4) is 0 Å². The first-order valence-electron chi connectivity index (χ1n) is 6.58. The topological polar surface area (TPSA) is 26.5 Å². The molecule has 4 heteroatoms. The fourth-order valence-electron chi connectivity index (χ4n) is 2.31. The fraction of sp³-hybridized carbons (Fsp3) is 0.188. The zero-order valence-corrected chi connectivity index (χ0v) is 13.3. The average Bonchev–Trinajstić information content (AvgIpc) is 2.88. The lowest BCUT2D eigenvalue weighted by Gasteiger charge is -2.17. The molecule has 0 spiro atoms. The van der Waals surface area contributed by atoms with E-state index in [-0.39, 0.29) is 6.10 Å². The van der Waals surface area contributed by atoms with Crippen LogP contribution >= 0.6 is 22.6 Å². The van der Waals surface area contributed by atoms with Crippen LogP contribution in [0, 0.1) is 3.57 Å². The number of benzene rings is 1. The van der Waals surface area contributed by atoms with Crippen molar-refractivity contribution in [1.82, 2.24) is 9.38 Å². The number of halogens is 1. The van der Waals surface area contributed by atoms with Gasteiger partial charge in [-0.15, -0.1) is 0 Å². The summed E-state index contributed by atoms with van der Waals surface area (Å²) in [4.78, 5) is 4.47. The summed E-state index contributed by atoms with van der Waals surface area (Å²) in [6, 6.07) is 14.4. The fourth-order valence-corrected chi connectivity index (χ4v) is 2.77. The number of hydrogen-bond donors (Lipinski definition) is 0. The van der Waals surface area contributed by atoms with Gasteiger partial charge in [-0.05, 0) is 47.2 Å². The van der Waals surface area contributed by atoms with E-state index in [1.165, 1.54) is 3.57 Å². The highest BCUT2D eigenvalue weighted by Crippen LogP contribution is 2.27. The molecule has 20 heavy (non-hydrogen) atoms. The highest BCUT2D eigenvalue weighted by Gasteiger charge is 2.18. The van der Waals surface area contributed by atoms with Gasteiger partial charge >= 0.3 is 0 Å². The number of aromatic nitrogens is 2. The van der Waals surface area contributed by atoms with E-state index >= 15 is 0 Å². The van der Waals surface area contributed by atoms with Crippen LogP contribution in [0.25, 0.3) is 5.65 Å². The number of rotatable bonds is 4. The average molecular weight is 378 g/mol. The molecule has 0 saturated carbocycles. The first-order chi connectivity index (χ1) is 9.79. The molecule has 0 aliphatic heterocycles. The Balaban J connectivity index is 2.12. The van der Waals surface area contributed by atoms with Crippen molar-refractivity contribution < 1.29 is 4.74 Å². The molecule has 1 aromatic carbocycles. The normalized spacial score (nSPS) is 12.7. The molecule has 0 fully saturated rings. The summed E-state index contributed by atoms with van der Waals surface area (Å²) in [6.45, 7) is 2.68. The largest absolute Gasteiger partial charge is 0.367 e. The molecule has 0 N–H and O–H groups in total. The van der Waals surface area contributed by atoms with E-state index in [2.05, 4.69) is 56.4 Å². The third-order valence-electron chi connectivity index (χ3n) is 3.20. The summed E-state index contributed by atoms with van der Waals surface area (Å²) in [6.07, 6.45) is 3.90. The minimum absolute atomic E-state index is 0.0885. The van der Waals surface area contributed by atoms with Crippen LogP contribution in [0.3, 0.4) is 0 Å². The van der Waals surface area contributed by atoms with Crippen LogP contribution in [0.4, 0.5) is 0 Å². The molecule has 3 aromatic rings. The molecule has 0 amide bonds. The molecule has 0 saturated heterocycles. The summed E-state index contributed by atoms with van der Waals surface area (Å²) in [5, 5.41) is 0. The maximum atomic E-state index is 5.96. The lowest BCUT2D eigenvalue weighted by atomic mass is 10.1. The standard InChI is InChI=1S/C16H15IN2O/c1-2-20-16(12-6-4-3-5-7-12)14-10-18-15-9-8-13(17)11-19(14)15/h3-11,16H,2H2,1H3. The summed E-state index contributed by atoms with van der Waals surface area (Å²) >= 11 is 2.31. The van der Waals surface area contributed by atoms with Crippen LogP contribution < -0.4 is 0 Å². The van der Waals surface area contributed by atoms with Crippen LogP contribution in [-0.4, -0.2) is 16.0 Å². The van der Waals surface area contributed by atoms with Crippen molar-refractivity contribution in [2.75, 3.05) is 6.61 Å². The SMILES string of the molecule is CCOC(c1ccccc1)c1cnc2ccc(I)cn12. The third-order valence-corrected chi connectivity index (χ3v) is 3.84. The Kier molecular flexibility index (Phi) is 4.03. The molecular formula is C16H15IN2O. The summed E-state index contributed by atoms with van der Waals surface area (Å²) in [7, 11) is 0. The van der Waals surface area contributed by atoms with Crippen LogP contribution in [0.1, 0.15) is 24.3 Å². The Labute approximate surface area is 131 Å². The molecular weight excluding hydrogens is 363 g/mol. The predicted octanol–water partition coefficient (Wildman–Crippen LogP) is 4.06. The van der Waals surface area contributed by atoms with Gasteiger partial charge in [-0.2, -0.15) is 0 Å². The summed E-state index contributed by atoms with van der Waals surface area (Å²) < 4.78 is 9.24. The Morgan fingerprint density at radius 1 is 1.20 bits per heavy atom. The molecule has 0 aliphatic rings. The van der Waals surface area contributed by atoms with Crippen molar-refractivity contribution in [3.05, 3.63) is 69.7 Å². The van der Waals surface area contributed by atoms with Crippen LogP contribution in [0.2, 0.25) is 0 Å². The van der Waals surface area contributed by atoms with Gasteiger partial charge in [0.25, 0.3) is 0 Å². The smallest absolute Gasteiger partial charge is 0.137 e. The second kappa shape index (κ2) is 5.93. The molecule has 1 atom stereocenters. The molecule has 102 valence electrons. The Bertz CT molecular complexity index is 709. The number of imidazole rings is 1. The molecule has 2 heterocycles. The minimum Gasteiger partial charge on any atom is -0.367 e. The molecule has 1 unspecified atom stereocenters. The Hall–Kier alpha value is -1.40. The number of pyridine rings is 1. The van der Waals surface area contributed by atoms with Gasteiger partial charge in [0, 0.05) is 16.4 Å². The van der Waals surface area contributed by atoms with Gasteiger partial charge in [0.05, 0.1) is 11.9 Å². The van der Waals surface area contributed by atoms with Gasteiger partial charge in [-0.3, -0.25) is 4.40 Å². The maximum absolute atomic E-state index is 5.96. The van der Waals surface area contributed by atoms with Gasteiger partial charge in [0.2, 0.25) is 0 Å². The van der Waals surface area contributed by atoms with Gasteiger partial charge in [-0.25, -0.2) is 4.98 Å². The van der Waals surface area contributed by atoms with E-state index in [9.17, 15) is 0 Å². The van der Waals surface area contributed by atoms with Crippen molar-refractivity contribution in [1.29, 1.82) is 0 Å². The van der Waals surface area contributed by atoms with Crippen molar-refractivity contribution >= 4 is 28.2 Å². The van der Waals surface area contributed by atoms with Crippen LogP contribution in [-0.2, 0) is 4.74 Å². The van der Waals surface area contributed by atoms with E-state index < -0.39 is 0 Å². The molecule has 3 nitrogen and oxygen atoms in total. The van der Waals surface area contributed by atoms with Crippen molar-refractivity contribution in [2.45, 2.75) is 13.0 Å². The van der Waals surface area contributed by atoms with Crippen molar-refractivity contribution in [2.24, 2.45) is 0 Å². The minimum atomic E-state index is -0.0885. The quantitative estimate of drug-likeness (QED) is 0.640. The van der Waals surface area contributed by atoms with E-state index in [1.54, 1.807) is 0 Å². The second-order valence-electron chi connectivity index (χ2n) is 4.50. The zero-order valence-electron chi connectivity index (χ0n) is 11.2. The third kappa shape index (κ3) is 2.58.